The third kappa shape index (κ3) is 3.37. The molecule has 3 aromatic carbocycles. The van der Waals surface area contributed by atoms with Gasteiger partial charge in [-0.2, -0.15) is 4.98 Å². The van der Waals surface area contributed by atoms with Gasteiger partial charge in [-0.15, -0.1) is 0 Å². The number of aromatic nitrogens is 2. The van der Waals surface area contributed by atoms with E-state index in [9.17, 15) is 0 Å². The molecule has 0 spiro atoms. The Morgan fingerprint density at radius 3 is 2.46 bits per heavy atom. The van der Waals surface area contributed by atoms with Crippen LogP contribution in [-0.4, -0.2) is 22.1 Å². The molecule has 26 heavy (non-hydrogen) atoms. The quantitative estimate of drug-likeness (QED) is 0.506. The van der Waals surface area contributed by atoms with E-state index in [1.54, 1.807) is 0 Å². The molecule has 1 aromatic heterocycles. The van der Waals surface area contributed by atoms with Gasteiger partial charge in [-0.3, -0.25) is 4.90 Å². The summed E-state index contributed by atoms with van der Waals surface area (Å²) in [5, 5.41) is 6.65. The number of fused-ring (bicyclic) bond motifs is 1. The monoisotopic (exact) mass is 343 g/mol. The Balaban J connectivity index is 1.50. The SMILES string of the molecule is C[C@H](c1nc(-c2ccccc2)no1)N(C)Cc1ccc2ccccc2c1. The standard InChI is InChI=1S/C22H21N3O/c1-16(22-23-21(24-26-22)19-9-4-3-5-10-19)25(2)15-17-12-13-18-8-6-7-11-20(18)14-17/h3-14,16H,15H2,1-2H3/t16-/m1/s1. The molecule has 0 radical (unpaired) electrons. The first-order chi connectivity index (χ1) is 12.7. The molecule has 0 N–H and O–H groups in total. The highest BCUT2D eigenvalue weighted by molar-refractivity contribution is 5.82. The van der Waals surface area contributed by atoms with Crippen molar-refractivity contribution in [2.45, 2.75) is 19.5 Å². The summed E-state index contributed by atoms with van der Waals surface area (Å²) in [5.74, 6) is 1.26. The van der Waals surface area contributed by atoms with Crippen LogP contribution in [0.3, 0.4) is 0 Å². The molecule has 1 atom stereocenters. The van der Waals surface area contributed by atoms with Crippen molar-refractivity contribution in [1.29, 1.82) is 0 Å². The second-order valence-electron chi connectivity index (χ2n) is 6.59. The van der Waals surface area contributed by atoms with Gasteiger partial charge in [0.05, 0.1) is 6.04 Å². The van der Waals surface area contributed by atoms with Gasteiger partial charge in [0.2, 0.25) is 11.7 Å². The highest BCUT2D eigenvalue weighted by Gasteiger charge is 2.19. The van der Waals surface area contributed by atoms with Crippen LogP contribution in [-0.2, 0) is 6.54 Å². The lowest BCUT2D eigenvalue weighted by Crippen LogP contribution is -2.22. The summed E-state index contributed by atoms with van der Waals surface area (Å²) < 4.78 is 5.51. The molecule has 0 aliphatic carbocycles. The largest absolute Gasteiger partial charge is 0.337 e. The van der Waals surface area contributed by atoms with Crippen molar-refractivity contribution in [2.75, 3.05) is 7.05 Å². The van der Waals surface area contributed by atoms with Gasteiger partial charge in [-0.05, 0) is 36.4 Å². The Kier molecular flexibility index (Phi) is 4.50. The van der Waals surface area contributed by atoms with Crippen molar-refractivity contribution < 1.29 is 4.52 Å². The van der Waals surface area contributed by atoms with Gasteiger partial charge in [0.15, 0.2) is 0 Å². The third-order valence-electron chi connectivity index (χ3n) is 4.74. The fourth-order valence-electron chi connectivity index (χ4n) is 3.06. The van der Waals surface area contributed by atoms with E-state index in [0.717, 1.165) is 12.1 Å². The van der Waals surface area contributed by atoms with Gasteiger partial charge in [-0.1, -0.05) is 71.9 Å². The van der Waals surface area contributed by atoms with Crippen LogP contribution >= 0.6 is 0 Å². The van der Waals surface area contributed by atoms with Crippen molar-refractivity contribution in [3.63, 3.8) is 0 Å². The molecule has 130 valence electrons. The molecule has 0 saturated heterocycles. The summed E-state index contributed by atoms with van der Waals surface area (Å²) in [5.41, 5.74) is 2.23. The van der Waals surface area contributed by atoms with Gasteiger partial charge in [0.1, 0.15) is 0 Å². The van der Waals surface area contributed by atoms with Crippen LogP contribution < -0.4 is 0 Å². The lowest BCUT2D eigenvalue weighted by Gasteiger charge is -2.21. The van der Waals surface area contributed by atoms with E-state index in [0.29, 0.717) is 11.7 Å². The Morgan fingerprint density at radius 1 is 0.923 bits per heavy atom. The zero-order chi connectivity index (χ0) is 17.9. The van der Waals surface area contributed by atoms with E-state index in [-0.39, 0.29) is 6.04 Å². The molecule has 4 heteroatoms. The van der Waals surface area contributed by atoms with Crippen LogP contribution in [0.15, 0.2) is 77.3 Å². The number of rotatable bonds is 5. The molecule has 0 saturated carbocycles. The van der Waals surface area contributed by atoms with E-state index < -0.39 is 0 Å². The summed E-state index contributed by atoms with van der Waals surface area (Å²) in [6.45, 7) is 2.90. The average molecular weight is 343 g/mol. The highest BCUT2D eigenvalue weighted by Crippen LogP contribution is 2.24. The van der Waals surface area contributed by atoms with Crippen LogP contribution in [0.25, 0.3) is 22.2 Å². The van der Waals surface area contributed by atoms with E-state index in [1.807, 2.05) is 30.3 Å². The Hall–Kier alpha value is -2.98. The summed E-state index contributed by atoms with van der Waals surface area (Å²) in [6, 6.07) is 24.9. The fraction of sp³-hybridized carbons (Fsp3) is 0.182. The molecule has 0 amide bonds. The molecule has 0 fully saturated rings. The van der Waals surface area contributed by atoms with Crippen molar-refractivity contribution in [2.24, 2.45) is 0 Å². The maximum atomic E-state index is 5.51. The minimum absolute atomic E-state index is 0.0337. The van der Waals surface area contributed by atoms with Gasteiger partial charge in [-0.25, -0.2) is 0 Å². The average Bonchev–Trinajstić information content (AvgIpc) is 3.18. The Bertz CT molecular complexity index is 1010. The number of hydrogen-bond donors (Lipinski definition) is 0. The Morgan fingerprint density at radius 2 is 1.65 bits per heavy atom. The van der Waals surface area contributed by atoms with Crippen LogP contribution in [0.5, 0.6) is 0 Å². The van der Waals surface area contributed by atoms with E-state index in [1.165, 1.54) is 16.3 Å². The van der Waals surface area contributed by atoms with Crippen LogP contribution in [0.4, 0.5) is 0 Å². The summed E-state index contributed by atoms with van der Waals surface area (Å²) in [7, 11) is 2.08. The van der Waals surface area contributed by atoms with Crippen LogP contribution in [0.1, 0.15) is 24.4 Å². The van der Waals surface area contributed by atoms with Crippen molar-refractivity contribution in [1.82, 2.24) is 15.0 Å². The normalized spacial score (nSPS) is 12.6. The summed E-state index contributed by atoms with van der Waals surface area (Å²) in [4.78, 5) is 6.79. The lowest BCUT2D eigenvalue weighted by molar-refractivity contribution is 0.203. The second kappa shape index (κ2) is 7.10. The molecule has 4 nitrogen and oxygen atoms in total. The van der Waals surface area contributed by atoms with E-state index in [2.05, 4.69) is 71.5 Å². The minimum Gasteiger partial charge on any atom is -0.337 e. The molecule has 4 rings (SSSR count). The number of nitrogens with zero attached hydrogens (tertiary/aromatic N) is 3. The Labute approximate surface area is 153 Å². The predicted molar refractivity (Wildman–Crippen MR) is 104 cm³/mol. The van der Waals surface area contributed by atoms with Crippen molar-refractivity contribution in [3.05, 3.63) is 84.3 Å². The second-order valence-corrected chi connectivity index (χ2v) is 6.59. The van der Waals surface area contributed by atoms with Crippen molar-refractivity contribution >= 4 is 10.8 Å². The molecule has 1 heterocycles. The molecular formula is C22H21N3O. The molecule has 0 unspecified atom stereocenters. The zero-order valence-corrected chi connectivity index (χ0v) is 15.0. The van der Waals surface area contributed by atoms with Gasteiger partial charge in [0.25, 0.3) is 0 Å². The van der Waals surface area contributed by atoms with Crippen molar-refractivity contribution in [3.8, 4) is 11.4 Å². The minimum atomic E-state index is 0.0337. The first-order valence-electron chi connectivity index (χ1n) is 8.77. The first kappa shape index (κ1) is 16.5. The van der Waals surface area contributed by atoms with Gasteiger partial charge < -0.3 is 4.52 Å². The zero-order valence-electron chi connectivity index (χ0n) is 15.0. The van der Waals surface area contributed by atoms with Crippen LogP contribution in [0, 0.1) is 0 Å². The summed E-state index contributed by atoms with van der Waals surface area (Å²) in [6.07, 6.45) is 0. The van der Waals surface area contributed by atoms with Crippen LogP contribution in [0.2, 0.25) is 0 Å². The van der Waals surface area contributed by atoms with Gasteiger partial charge in [0, 0.05) is 12.1 Å². The molecular weight excluding hydrogens is 322 g/mol. The maximum absolute atomic E-state index is 5.51. The number of benzene rings is 3. The van der Waals surface area contributed by atoms with E-state index in [4.69, 9.17) is 4.52 Å². The first-order valence-corrected chi connectivity index (χ1v) is 8.77. The maximum Gasteiger partial charge on any atom is 0.244 e. The number of hydrogen-bond acceptors (Lipinski definition) is 4. The molecule has 0 aliphatic rings. The topological polar surface area (TPSA) is 42.2 Å². The summed E-state index contributed by atoms with van der Waals surface area (Å²) >= 11 is 0. The fourth-order valence-corrected chi connectivity index (χ4v) is 3.06. The molecule has 0 aliphatic heterocycles. The van der Waals surface area contributed by atoms with E-state index >= 15 is 0 Å². The molecule has 0 bridgehead atoms. The highest BCUT2D eigenvalue weighted by atomic mass is 16.5. The van der Waals surface area contributed by atoms with Gasteiger partial charge >= 0.3 is 0 Å². The third-order valence-corrected chi connectivity index (χ3v) is 4.74. The molecule has 4 aromatic rings. The smallest absolute Gasteiger partial charge is 0.244 e. The predicted octanol–water partition coefficient (Wildman–Crippen LogP) is 5.08. The lowest BCUT2D eigenvalue weighted by atomic mass is 10.1.